The third-order valence-corrected chi connectivity index (χ3v) is 2.30. The van der Waals surface area contributed by atoms with Gasteiger partial charge in [0.05, 0.1) is 6.61 Å². The summed E-state index contributed by atoms with van der Waals surface area (Å²) >= 11 is 0. The third kappa shape index (κ3) is 2.22. The van der Waals surface area contributed by atoms with Crippen molar-refractivity contribution in [1.29, 1.82) is 0 Å². The van der Waals surface area contributed by atoms with Crippen molar-refractivity contribution >= 4 is 0 Å². The number of aryl methyl sites for hydroxylation is 1. The fourth-order valence-corrected chi connectivity index (χ4v) is 1.55. The summed E-state index contributed by atoms with van der Waals surface area (Å²) < 4.78 is 0. The maximum atomic E-state index is 5.21. The van der Waals surface area contributed by atoms with Gasteiger partial charge >= 0.3 is 0 Å². The summed E-state index contributed by atoms with van der Waals surface area (Å²) in [6.07, 6.45) is 4.63. The summed E-state index contributed by atoms with van der Waals surface area (Å²) in [5.41, 5.74) is 1.25. The van der Waals surface area contributed by atoms with E-state index in [1.54, 1.807) is 0 Å². The number of para-hydroxylation sites is 1. The minimum atomic E-state index is 0.703. The van der Waals surface area contributed by atoms with Crippen LogP contribution in [0, 0.1) is 0 Å². The molecule has 2 nitrogen and oxygen atoms in total. The highest BCUT2D eigenvalue weighted by Crippen LogP contribution is 2.21. The Morgan fingerprint density at radius 2 is 1.92 bits per heavy atom. The van der Waals surface area contributed by atoms with Crippen LogP contribution >= 0.6 is 0 Å². The molecule has 1 aliphatic heterocycles. The Hall–Kier alpha value is -1.02. The van der Waals surface area contributed by atoms with Crippen LogP contribution in [0.2, 0.25) is 0 Å². The van der Waals surface area contributed by atoms with Crippen molar-refractivity contribution in [2.24, 2.45) is 0 Å². The van der Waals surface area contributed by atoms with Crippen LogP contribution in [0.3, 0.4) is 0 Å². The van der Waals surface area contributed by atoms with E-state index in [0.717, 1.165) is 18.6 Å². The van der Waals surface area contributed by atoms with Crippen molar-refractivity contribution in [3.63, 3.8) is 0 Å². The van der Waals surface area contributed by atoms with E-state index in [1.165, 1.54) is 18.4 Å². The fraction of sp³-hybridized carbons (Fsp3) is 0.455. The van der Waals surface area contributed by atoms with Crippen LogP contribution in [-0.2, 0) is 11.3 Å². The molecule has 2 heteroatoms. The second kappa shape index (κ2) is 4.28. The molecule has 0 aliphatic carbocycles. The van der Waals surface area contributed by atoms with Gasteiger partial charge in [0.1, 0.15) is 0 Å². The maximum Gasteiger partial charge on any atom is 0.168 e. The molecule has 0 aromatic heterocycles. The van der Waals surface area contributed by atoms with E-state index < -0.39 is 0 Å². The number of benzene rings is 1. The SMILES string of the molecule is c1ccc2c(c1)CCCCCOO2. The van der Waals surface area contributed by atoms with Gasteiger partial charge in [-0.25, -0.2) is 0 Å². The van der Waals surface area contributed by atoms with Gasteiger partial charge in [0.25, 0.3) is 0 Å². The lowest BCUT2D eigenvalue weighted by Gasteiger charge is -2.06. The van der Waals surface area contributed by atoms with Crippen molar-refractivity contribution in [2.45, 2.75) is 25.7 Å². The smallest absolute Gasteiger partial charge is 0.168 e. The van der Waals surface area contributed by atoms with Gasteiger partial charge in [0.15, 0.2) is 5.75 Å². The van der Waals surface area contributed by atoms with E-state index >= 15 is 0 Å². The van der Waals surface area contributed by atoms with Gasteiger partial charge in [-0.3, -0.25) is 0 Å². The molecule has 1 aliphatic rings. The average Bonchev–Trinajstić information content (AvgIpc) is 2.28. The van der Waals surface area contributed by atoms with Crippen molar-refractivity contribution in [3.05, 3.63) is 29.8 Å². The third-order valence-electron chi connectivity index (χ3n) is 2.30. The van der Waals surface area contributed by atoms with Crippen molar-refractivity contribution in [3.8, 4) is 5.75 Å². The predicted molar refractivity (Wildman–Crippen MR) is 50.6 cm³/mol. The monoisotopic (exact) mass is 178 g/mol. The maximum absolute atomic E-state index is 5.21. The molecule has 1 aromatic rings. The van der Waals surface area contributed by atoms with Gasteiger partial charge in [0.2, 0.25) is 0 Å². The summed E-state index contributed by atoms with van der Waals surface area (Å²) in [7, 11) is 0. The first kappa shape index (κ1) is 8.57. The van der Waals surface area contributed by atoms with Crippen molar-refractivity contribution in [2.75, 3.05) is 6.61 Å². The summed E-state index contributed by atoms with van der Waals surface area (Å²) in [6, 6.07) is 8.07. The predicted octanol–water partition coefficient (Wildman–Crippen LogP) is 2.72. The van der Waals surface area contributed by atoms with E-state index in [-0.39, 0.29) is 0 Å². The molecule has 0 radical (unpaired) electrons. The zero-order valence-corrected chi connectivity index (χ0v) is 7.66. The van der Waals surface area contributed by atoms with E-state index in [0.29, 0.717) is 6.61 Å². The van der Waals surface area contributed by atoms with Crippen LogP contribution in [0.25, 0.3) is 0 Å². The number of rotatable bonds is 0. The molecule has 70 valence electrons. The quantitative estimate of drug-likeness (QED) is 0.569. The van der Waals surface area contributed by atoms with Crippen LogP contribution < -0.4 is 4.89 Å². The van der Waals surface area contributed by atoms with E-state index in [1.807, 2.05) is 18.2 Å². The first-order chi connectivity index (χ1) is 6.47. The fourth-order valence-electron chi connectivity index (χ4n) is 1.55. The molecule has 0 amide bonds. The van der Waals surface area contributed by atoms with Crippen LogP contribution in [0.15, 0.2) is 24.3 Å². The highest BCUT2D eigenvalue weighted by Gasteiger charge is 2.05. The summed E-state index contributed by atoms with van der Waals surface area (Å²) in [5, 5.41) is 0. The van der Waals surface area contributed by atoms with Gasteiger partial charge in [-0.2, -0.15) is 4.89 Å². The van der Waals surface area contributed by atoms with Gasteiger partial charge < -0.3 is 4.89 Å². The Labute approximate surface area is 78.4 Å². The van der Waals surface area contributed by atoms with Crippen LogP contribution in [0.4, 0.5) is 0 Å². The summed E-state index contributed by atoms with van der Waals surface area (Å²) in [4.78, 5) is 10.3. The Balaban J connectivity index is 2.17. The van der Waals surface area contributed by atoms with E-state index in [4.69, 9.17) is 9.78 Å². The van der Waals surface area contributed by atoms with Crippen LogP contribution in [-0.4, -0.2) is 6.61 Å². The second-order valence-corrected chi connectivity index (χ2v) is 3.32. The van der Waals surface area contributed by atoms with Crippen molar-refractivity contribution < 1.29 is 9.78 Å². The van der Waals surface area contributed by atoms with Crippen LogP contribution in [0.1, 0.15) is 24.8 Å². The van der Waals surface area contributed by atoms with Gasteiger partial charge in [-0.15, -0.1) is 0 Å². The number of fused-ring (bicyclic) bond motifs is 1. The minimum Gasteiger partial charge on any atom is -0.337 e. The molecule has 2 rings (SSSR count). The lowest BCUT2D eigenvalue weighted by Crippen LogP contribution is -1.99. The Bertz CT molecular complexity index is 244. The molecule has 1 heterocycles. The number of hydrogen-bond donors (Lipinski definition) is 0. The molecule has 0 atom stereocenters. The topological polar surface area (TPSA) is 18.5 Å². The van der Waals surface area contributed by atoms with Gasteiger partial charge in [-0.1, -0.05) is 24.6 Å². The van der Waals surface area contributed by atoms with Gasteiger partial charge in [-0.05, 0) is 30.9 Å². The molecule has 0 unspecified atom stereocenters. The molecule has 0 saturated carbocycles. The zero-order valence-electron chi connectivity index (χ0n) is 7.66. The highest BCUT2D eigenvalue weighted by molar-refractivity contribution is 5.32. The zero-order chi connectivity index (χ0) is 8.93. The lowest BCUT2D eigenvalue weighted by atomic mass is 10.1. The highest BCUT2D eigenvalue weighted by atomic mass is 17.2. The lowest BCUT2D eigenvalue weighted by molar-refractivity contribution is -0.207. The Morgan fingerprint density at radius 3 is 2.92 bits per heavy atom. The average molecular weight is 178 g/mol. The molecule has 0 saturated heterocycles. The van der Waals surface area contributed by atoms with E-state index in [2.05, 4.69) is 6.07 Å². The van der Waals surface area contributed by atoms with Gasteiger partial charge in [0, 0.05) is 0 Å². The Kier molecular flexibility index (Phi) is 2.82. The van der Waals surface area contributed by atoms with E-state index in [9.17, 15) is 0 Å². The standard InChI is InChI=1S/C11H14O2/c1-2-6-10-7-3-4-8-11(10)13-12-9-5-1/h3-4,7-8H,1-2,5-6,9H2. The molecular formula is C11H14O2. The normalized spacial score (nSPS) is 17.5. The first-order valence-corrected chi connectivity index (χ1v) is 4.84. The molecule has 0 fully saturated rings. The number of hydrogen-bond acceptors (Lipinski definition) is 2. The largest absolute Gasteiger partial charge is 0.337 e. The first-order valence-electron chi connectivity index (χ1n) is 4.84. The molecule has 1 aromatic carbocycles. The summed E-state index contributed by atoms with van der Waals surface area (Å²) in [5.74, 6) is 0.879. The van der Waals surface area contributed by atoms with Crippen molar-refractivity contribution in [1.82, 2.24) is 0 Å². The minimum absolute atomic E-state index is 0.703. The molecule has 13 heavy (non-hydrogen) atoms. The summed E-state index contributed by atoms with van der Waals surface area (Å²) in [6.45, 7) is 0.703. The molecule has 0 spiro atoms. The molecule has 0 N–H and O–H groups in total. The van der Waals surface area contributed by atoms with Crippen LogP contribution in [0.5, 0.6) is 5.75 Å². The second-order valence-electron chi connectivity index (χ2n) is 3.32. The Morgan fingerprint density at radius 1 is 1.00 bits per heavy atom. The molecule has 0 bridgehead atoms. The molecular weight excluding hydrogens is 164 g/mol.